The maximum absolute atomic E-state index is 12.4. The lowest BCUT2D eigenvalue weighted by Crippen LogP contribution is -2.48. The highest BCUT2D eigenvalue weighted by atomic mass is 16.5. The zero-order chi connectivity index (χ0) is 16.7. The first-order valence-corrected chi connectivity index (χ1v) is 8.56. The molecule has 1 atom stereocenters. The Balaban J connectivity index is 1.80. The molecule has 1 saturated heterocycles. The van der Waals surface area contributed by atoms with Gasteiger partial charge in [-0.1, -0.05) is 44.2 Å². The van der Waals surface area contributed by atoms with Gasteiger partial charge in [-0.25, -0.2) is 4.79 Å². The van der Waals surface area contributed by atoms with Crippen molar-refractivity contribution in [2.24, 2.45) is 11.3 Å². The van der Waals surface area contributed by atoms with E-state index >= 15 is 0 Å². The second-order valence-electron chi connectivity index (χ2n) is 7.39. The van der Waals surface area contributed by atoms with E-state index in [0.717, 1.165) is 39.0 Å². The van der Waals surface area contributed by atoms with Crippen molar-refractivity contribution in [3.05, 3.63) is 35.9 Å². The lowest BCUT2D eigenvalue weighted by atomic mass is 9.86. The SMILES string of the molecule is COCC1CCCN(C(=O)NCC(C)(C)Cc2ccccc2)C1. The minimum absolute atomic E-state index is 0.0404. The van der Waals surface area contributed by atoms with Crippen LogP contribution in [0.4, 0.5) is 4.79 Å². The smallest absolute Gasteiger partial charge is 0.317 e. The average molecular weight is 318 g/mol. The molecule has 1 heterocycles. The number of amides is 2. The van der Waals surface area contributed by atoms with Gasteiger partial charge in [-0.15, -0.1) is 0 Å². The minimum Gasteiger partial charge on any atom is -0.384 e. The molecule has 0 bridgehead atoms. The summed E-state index contributed by atoms with van der Waals surface area (Å²) < 4.78 is 5.23. The van der Waals surface area contributed by atoms with Crippen LogP contribution < -0.4 is 5.32 Å². The molecule has 0 radical (unpaired) electrons. The van der Waals surface area contributed by atoms with Crippen LogP contribution in [0.2, 0.25) is 0 Å². The van der Waals surface area contributed by atoms with Crippen molar-refractivity contribution in [1.29, 1.82) is 0 Å². The number of methoxy groups -OCH3 is 1. The Labute approximate surface area is 140 Å². The molecule has 1 aromatic rings. The van der Waals surface area contributed by atoms with Gasteiger partial charge in [-0.3, -0.25) is 0 Å². The molecule has 0 spiro atoms. The van der Waals surface area contributed by atoms with E-state index in [1.54, 1.807) is 7.11 Å². The third kappa shape index (κ3) is 5.87. The van der Waals surface area contributed by atoms with Crippen LogP contribution in [0.1, 0.15) is 32.3 Å². The molecule has 128 valence electrons. The number of likely N-dealkylation sites (tertiary alicyclic amines) is 1. The third-order valence-electron chi connectivity index (χ3n) is 4.45. The molecule has 0 saturated carbocycles. The lowest BCUT2D eigenvalue weighted by molar-refractivity contribution is 0.0995. The first kappa shape index (κ1) is 17.8. The Kier molecular flexibility index (Phi) is 6.46. The molecule has 4 heteroatoms. The van der Waals surface area contributed by atoms with Crippen molar-refractivity contribution in [3.8, 4) is 0 Å². The summed E-state index contributed by atoms with van der Waals surface area (Å²) in [6.45, 7) is 7.48. The number of hydrogen-bond donors (Lipinski definition) is 1. The van der Waals surface area contributed by atoms with Crippen LogP contribution in [0.15, 0.2) is 30.3 Å². The fraction of sp³-hybridized carbons (Fsp3) is 0.632. The van der Waals surface area contributed by atoms with Gasteiger partial charge in [-0.05, 0) is 30.2 Å². The number of carbonyl (C=O) groups is 1. The summed E-state index contributed by atoms with van der Waals surface area (Å²) in [5.74, 6) is 0.469. The topological polar surface area (TPSA) is 41.6 Å². The van der Waals surface area contributed by atoms with Gasteiger partial charge in [0.2, 0.25) is 0 Å². The summed E-state index contributed by atoms with van der Waals surface area (Å²) in [6.07, 6.45) is 3.17. The molecule has 1 N–H and O–H groups in total. The van der Waals surface area contributed by atoms with E-state index < -0.39 is 0 Å². The number of benzene rings is 1. The van der Waals surface area contributed by atoms with Gasteiger partial charge in [-0.2, -0.15) is 0 Å². The van der Waals surface area contributed by atoms with E-state index in [9.17, 15) is 4.79 Å². The number of ether oxygens (including phenoxy) is 1. The molecular formula is C19H30N2O2. The van der Waals surface area contributed by atoms with Crippen LogP contribution in [0.3, 0.4) is 0 Å². The van der Waals surface area contributed by atoms with Crippen LogP contribution in [-0.2, 0) is 11.2 Å². The van der Waals surface area contributed by atoms with Crippen LogP contribution in [0, 0.1) is 11.3 Å². The maximum atomic E-state index is 12.4. The number of hydrogen-bond acceptors (Lipinski definition) is 2. The molecule has 1 aliphatic heterocycles. The number of carbonyl (C=O) groups excluding carboxylic acids is 1. The summed E-state index contributed by atoms with van der Waals surface area (Å²) >= 11 is 0. The standard InChI is InChI=1S/C19H30N2O2/c1-19(2,12-16-8-5-4-6-9-16)15-20-18(22)21-11-7-10-17(13-21)14-23-3/h4-6,8-9,17H,7,10-15H2,1-3H3,(H,20,22). The van der Waals surface area contributed by atoms with Gasteiger partial charge in [0.1, 0.15) is 0 Å². The molecule has 4 nitrogen and oxygen atoms in total. The van der Waals surface area contributed by atoms with Crippen LogP contribution in [0.5, 0.6) is 0 Å². The monoisotopic (exact) mass is 318 g/mol. The molecular weight excluding hydrogens is 288 g/mol. The van der Waals surface area contributed by atoms with Gasteiger partial charge in [0.25, 0.3) is 0 Å². The van der Waals surface area contributed by atoms with Crippen molar-refractivity contribution in [3.63, 3.8) is 0 Å². The number of rotatable bonds is 6. The number of piperidine rings is 1. The van der Waals surface area contributed by atoms with Gasteiger partial charge >= 0.3 is 6.03 Å². The summed E-state index contributed by atoms with van der Waals surface area (Å²) in [4.78, 5) is 14.4. The summed E-state index contributed by atoms with van der Waals surface area (Å²) in [6, 6.07) is 10.5. The van der Waals surface area contributed by atoms with Crippen molar-refractivity contribution >= 4 is 6.03 Å². The second kappa shape index (κ2) is 8.34. The van der Waals surface area contributed by atoms with E-state index in [4.69, 9.17) is 4.74 Å². The fourth-order valence-corrected chi connectivity index (χ4v) is 3.26. The predicted octanol–water partition coefficient (Wildman–Crippen LogP) is 3.32. The molecule has 0 aliphatic carbocycles. The summed E-state index contributed by atoms with van der Waals surface area (Å²) in [5.41, 5.74) is 1.35. The van der Waals surface area contributed by atoms with E-state index in [2.05, 4.69) is 43.4 Å². The molecule has 2 amide bonds. The van der Waals surface area contributed by atoms with E-state index in [1.807, 2.05) is 11.0 Å². The van der Waals surface area contributed by atoms with Crippen molar-refractivity contribution in [2.45, 2.75) is 33.1 Å². The van der Waals surface area contributed by atoms with Crippen LogP contribution >= 0.6 is 0 Å². The third-order valence-corrected chi connectivity index (χ3v) is 4.45. The average Bonchev–Trinajstić information content (AvgIpc) is 2.54. The molecule has 2 rings (SSSR count). The Morgan fingerprint density at radius 2 is 2.09 bits per heavy atom. The van der Waals surface area contributed by atoms with Gasteiger partial charge < -0.3 is 15.0 Å². The molecule has 1 unspecified atom stereocenters. The predicted molar refractivity (Wildman–Crippen MR) is 93.5 cm³/mol. The quantitative estimate of drug-likeness (QED) is 0.874. The number of nitrogens with one attached hydrogen (secondary N) is 1. The highest BCUT2D eigenvalue weighted by Crippen LogP contribution is 2.21. The number of nitrogens with zero attached hydrogens (tertiary/aromatic N) is 1. The summed E-state index contributed by atoms with van der Waals surface area (Å²) in [5, 5.41) is 3.12. The Bertz CT molecular complexity index is 485. The lowest BCUT2D eigenvalue weighted by Gasteiger charge is -2.34. The van der Waals surface area contributed by atoms with Gasteiger partial charge in [0.15, 0.2) is 0 Å². The van der Waals surface area contributed by atoms with Crippen molar-refractivity contribution < 1.29 is 9.53 Å². The fourth-order valence-electron chi connectivity index (χ4n) is 3.26. The van der Waals surface area contributed by atoms with Crippen LogP contribution in [0.25, 0.3) is 0 Å². The zero-order valence-electron chi connectivity index (χ0n) is 14.7. The first-order valence-electron chi connectivity index (χ1n) is 8.56. The van der Waals surface area contributed by atoms with Crippen molar-refractivity contribution in [1.82, 2.24) is 10.2 Å². The van der Waals surface area contributed by atoms with Gasteiger partial charge in [0.05, 0.1) is 6.61 Å². The normalized spacial score (nSPS) is 18.7. The molecule has 1 aromatic carbocycles. The first-order chi connectivity index (χ1) is 11.0. The molecule has 1 aliphatic rings. The Morgan fingerprint density at radius 3 is 2.78 bits per heavy atom. The zero-order valence-corrected chi connectivity index (χ0v) is 14.7. The largest absolute Gasteiger partial charge is 0.384 e. The Morgan fingerprint density at radius 1 is 1.35 bits per heavy atom. The molecule has 0 aromatic heterocycles. The van der Waals surface area contributed by atoms with Crippen molar-refractivity contribution in [2.75, 3.05) is 33.4 Å². The van der Waals surface area contributed by atoms with Crippen LogP contribution in [-0.4, -0.2) is 44.3 Å². The number of urea groups is 1. The highest BCUT2D eigenvalue weighted by Gasteiger charge is 2.25. The van der Waals surface area contributed by atoms with E-state index in [-0.39, 0.29) is 11.4 Å². The molecule has 1 fully saturated rings. The highest BCUT2D eigenvalue weighted by molar-refractivity contribution is 5.74. The minimum atomic E-state index is 0.0404. The maximum Gasteiger partial charge on any atom is 0.317 e. The van der Waals surface area contributed by atoms with E-state index in [0.29, 0.717) is 12.5 Å². The van der Waals surface area contributed by atoms with E-state index in [1.165, 1.54) is 5.56 Å². The summed E-state index contributed by atoms with van der Waals surface area (Å²) in [7, 11) is 1.73. The molecule has 23 heavy (non-hydrogen) atoms. The Hall–Kier alpha value is -1.55. The second-order valence-corrected chi connectivity index (χ2v) is 7.39. The van der Waals surface area contributed by atoms with Gasteiger partial charge in [0, 0.05) is 32.7 Å².